The zero-order valence-corrected chi connectivity index (χ0v) is 14.2. The van der Waals surface area contributed by atoms with E-state index in [2.05, 4.69) is 5.32 Å². The molecular weight excluding hydrogens is 322 g/mol. The highest BCUT2D eigenvalue weighted by Crippen LogP contribution is 2.33. The van der Waals surface area contributed by atoms with E-state index in [1.54, 1.807) is 0 Å². The molecule has 1 aliphatic heterocycles. The fourth-order valence-electron chi connectivity index (χ4n) is 3.29. The molecule has 7 heteroatoms. The maximum Gasteiger partial charge on any atom is 0.326 e. The van der Waals surface area contributed by atoms with Crippen LogP contribution in [0.4, 0.5) is 4.79 Å². The molecule has 2 heterocycles. The lowest BCUT2D eigenvalue weighted by molar-refractivity contribution is -0.133. The van der Waals surface area contributed by atoms with E-state index in [0.717, 1.165) is 41.3 Å². The second kappa shape index (κ2) is 6.18. The minimum Gasteiger partial charge on any atom is -0.323 e. The van der Waals surface area contributed by atoms with Crippen LogP contribution in [0.3, 0.4) is 0 Å². The average molecular weight is 342 g/mol. The molecule has 1 spiro atoms. The molecule has 2 fully saturated rings. The van der Waals surface area contributed by atoms with Crippen molar-refractivity contribution < 1.29 is 9.59 Å². The molecule has 1 saturated carbocycles. The highest BCUT2D eigenvalue weighted by atomic mass is 35.5. The van der Waals surface area contributed by atoms with Gasteiger partial charge in [0.1, 0.15) is 5.54 Å². The van der Waals surface area contributed by atoms with E-state index in [1.807, 2.05) is 24.1 Å². The predicted molar refractivity (Wildman–Crippen MR) is 86.9 cm³/mol. The van der Waals surface area contributed by atoms with Crippen LogP contribution in [-0.2, 0) is 11.3 Å². The number of thiophene rings is 1. The third kappa shape index (κ3) is 3.00. The Hall–Kier alpha value is -1.11. The van der Waals surface area contributed by atoms with Crippen LogP contribution in [0.15, 0.2) is 12.1 Å². The molecule has 1 saturated heterocycles. The Morgan fingerprint density at radius 1 is 1.32 bits per heavy atom. The van der Waals surface area contributed by atoms with Gasteiger partial charge in [-0.05, 0) is 32.0 Å². The summed E-state index contributed by atoms with van der Waals surface area (Å²) in [5, 5.41) is 2.93. The zero-order valence-electron chi connectivity index (χ0n) is 12.6. The summed E-state index contributed by atoms with van der Waals surface area (Å²) in [5.41, 5.74) is -0.636. The lowest BCUT2D eigenvalue weighted by Crippen LogP contribution is -2.48. The van der Waals surface area contributed by atoms with Gasteiger partial charge in [0.25, 0.3) is 5.91 Å². The van der Waals surface area contributed by atoms with E-state index in [0.29, 0.717) is 13.2 Å². The van der Waals surface area contributed by atoms with Gasteiger partial charge in [-0.3, -0.25) is 9.69 Å². The second-order valence-electron chi connectivity index (χ2n) is 6.17. The highest BCUT2D eigenvalue weighted by molar-refractivity contribution is 7.16. The molecule has 2 aliphatic rings. The fourth-order valence-corrected chi connectivity index (χ4v) is 4.46. The van der Waals surface area contributed by atoms with Crippen molar-refractivity contribution in [2.75, 3.05) is 13.7 Å². The third-order valence-corrected chi connectivity index (χ3v) is 5.61. The molecule has 1 aliphatic carbocycles. The molecule has 22 heavy (non-hydrogen) atoms. The summed E-state index contributed by atoms with van der Waals surface area (Å²) in [4.78, 5) is 29.3. The first kappa shape index (κ1) is 15.8. The number of hydrogen-bond donors (Lipinski definition) is 1. The Morgan fingerprint density at radius 3 is 2.68 bits per heavy atom. The maximum atomic E-state index is 12.7. The van der Waals surface area contributed by atoms with Gasteiger partial charge in [-0.15, -0.1) is 11.3 Å². The van der Waals surface area contributed by atoms with Crippen molar-refractivity contribution >= 4 is 34.9 Å². The van der Waals surface area contributed by atoms with Crippen LogP contribution in [0.1, 0.15) is 37.0 Å². The molecule has 0 radical (unpaired) electrons. The van der Waals surface area contributed by atoms with Crippen molar-refractivity contribution in [2.45, 2.75) is 44.2 Å². The molecule has 1 N–H and O–H groups in total. The van der Waals surface area contributed by atoms with Crippen molar-refractivity contribution in [3.8, 4) is 0 Å². The second-order valence-corrected chi connectivity index (χ2v) is 7.97. The number of nitrogens with zero attached hydrogens (tertiary/aromatic N) is 2. The first-order valence-electron chi connectivity index (χ1n) is 7.57. The van der Waals surface area contributed by atoms with E-state index in [9.17, 15) is 9.59 Å². The standard InChI is InChI=1S/C15H20ClN3O2S/c1-18(9-11-5-6-12(16)22-11)10-19-13(20)15(17-14(19)21)7-3-2-4-8-15/h5-6H,2-4,7-10H2,1H3,(H,17,21). The number of urea groups is 1. The summed E-state index contributed by atoms with van der Waals surface area (Å²) in [6, 6.07) is 3.57. The van der Waals surface area contributed by atoms with Crippen molar-refractivity contribution in [3.63, 3.8) is 0 Å². The molecule has 5 nitrogen and oxygen atoms in total. The van der Waals surface area contributed by atoms with Gasteiger partial charge in [0, 0.05) is 11.4 Å². The topological polar surface area (TPSA) is 52.6 Å². The van der Waals surface area contributed by atoms with E-state index in [1.165, 1.54) is 16.2 Å². The molecule has 0 bridgehead atoms. The predicted octanol–water partition coefficient (Wildman–Crippen LogP) is 3.05. The van der Waals surface area contributed by atoms with Gasteiger partial charge in [-0.2, -0.15) is 0 Å². The molecule has 1 aromatic rings. The van der Waals surface area contributed by atoms with E-state index in [-0.39, 0.29) is 11.9 Å². The number of amides is 3. The molecular formula is C15H20ClN3O2S. The molecule has 120 valence electrons. The molecule has 0 atom stereocenters. The van der Waals surface area contributed by atoms with Crippen LogP contribution in [0.5, 0.6) is 0 Å². The quantitative estimate of drug-likeness (QED) is 0.856. The molecule has 3 rings (SSSR count). The Balaban J connectivity index is 1.64. The molecule has 1 aromatic heterocycles. The van der Waals surface area contributed by atoms with Gasteiger partial charge < -0.3 is 5.32 Å². The minimum atomic E-state index is -0.636. The number of carbonyl (C=O) groups is 2. The number of hydrogen-bond acceptors (Lipinski definition) is 4. The zero-order chi connectivity index (χ0) is 15.7. The summed E-state index contributed by atoms with van der Waals surface area (Å²) >= 11 is 7.45. The van der Waals surface area contributed by atoms with Crippen LogP contribution in [0.2, 0.25) is 4.34 Å². The first-order chi connectivity index (χ1) is 10.5. The number of carbonyl (C=O) groups excluding carboxylic acids is 2. The van der Waals surface area contributed by atoms with E-state index in [4.69, 9.17) is 11.6 Å². The molecule has 0 unspecified atom stereocenters. The van der Waals surface area contributed by atoms with Gasteiger partial charge in [0.15, 0.2) is 0 Å². The largest absolute Gasteiger partial charge is 0.326 e. The Labute approximate surface area is 139 Å². The van der Waals surface area contributed by atoms with Gasteiger partial charge in [0.2, 0.25) is 0 Å². The first-order valence-corrected chi connectivity index (χ1v) is 8.76. The summed E-state index contributed by atoms with van der Waals surface area (Å²) < 4.78 is 0.750. The highest BCUT2D eigenvalue weighted by Gasteiger charge is 2.51. The van der Waals surface area contributed by atoms with Crippen molar-refractivity contribution in [1.82, 2.24) is 15.1 Å². The Kier molecular flexibility index (Phi) is 4.43. The fraction of sp³-hybridized carbons (Fsp3) is 0.600. The van der Waals surface area contributed by atoms with Crippen molar-refractivity contribution in [3.05, 3.63) is 21.3 Å². The summed E-state index contributed by atoms with van der Waals surface area (Å²) in [6.07, 6.45) is 4.67. The number of rotatable bonds is 4. The minimum absolute atomic E-state index is 0.0618. The number of nitrogens with one attached hydrogen (secondary N) is 1. The monoisotopic (exact) mass is 341 g/mol. The molecule has 0 aromatic carbocycles. The van der Waals surface area contributed by atoms with Gasteiger partial charge in [-0.25, -0.2) is 9.69 Å². The van der Waals surface area contributed by atoms with Crippen LogP contribution >= 0.6 is 22.9 Å². The van der Waals surface area contributed by atoms with Gasteiger partial charge in [-0.1, -0.05) is 30.9 Å². The van der Waals surface area contributed by atoms with Crippen molar-refractivity contribution in [2.24, 2.45) is 0 Å². The lowest BCUT2D eigenvalue weighted by atomic mass is 9.82. The van der Waals surface area contributed by atoms with Crippen LogP contribution < -0.4 is 5.32 Å². The maximum absolute atomic E-state index is 12.7. The van der Waals surface area contributed by atoms with Gasteiger partial charge >= 0.3 is 6.03 Å². The Morgan fingerprint density at radius 2 is 2.05 bits per heavy atom. The third-order valence-electron chi connectivity index (χ3n) is 4.39. The Bertz CT molecular complexity index is 583. The normalized spacial score (nSPS) is 21.0. The smallest absolute Gasteiger partial charge is 0.323 e. The SMILES string of the molecule is CN(Cc1ccc(Cl)s1)CN1C(=O)NC2(CCCCC2)C1=O. The summed E-state index contributed by atoms with van der Waals surface area (Å²) in [6.45, 7) is 0.976. The van der Waals surface area contributed by atoms with Crippen molar-refractivity contribution in [1.29, 1.82) is 0 Å². The van der Waals surface area contributed by atoms with Crippen LogP contribution in [0, 0.1) is 0 Å². The summed E-state index contributed by atoms with van der Waals surface area (Å²) in [7, 11) is 1.90. The number of imide groups is 1. The summed E-state index contributed by atoms with van der Waals surface area (Å²) in [5.74, 6) is -0.0618. The average Bonchev–Trinajstić information content (AvgIpc) is 2.97. The number of halogens is 1. The molecule has 3 amide bonds. The lowest BCUT2D eigenvalue weighted by Gasteiger charge is -2.30. The van der Waals surface area contributed by atoms with Crippen LogP contribution in [0.25, 0.3) is 0 Å². The van der Waals surface area contributed by atoms with E-state index >= 15 is 0 Å². The van der Waals surface area contributed by atoms with Crippen LogP contribution in [-0.4, -0.2) is 41.0 Å². The van der Waals surface area contributed by atoms with Gasteiger partial charge in [0.05, 0.1) is 11.0 Å². The van der Waals surface area contributed by atoms with E-state index < -0.39 is 5.54 Å².